The van der Waals surface area contributed by atoms with Crippen LogP contribution in [0.25, 0.3) is 22.6 Å². The highest BCUT2D eigenvalue weighted by molar-refractivity contribution is 7.09. The quantitative estimate of drug-likeness (QED) is 0.663. The summed E-state index contributed by atoms with van der Waals surface area (Å²) in [6.45, 7) is 1.96. The minimum absolute atomic E-state index is 0.571. The predicted molar refractivity (Wildman–Crippen MR) is 71.4 cm³/mol. The van der Waals surface area contributed by atoms with Gasteiger partial charge in [-0.15, -0.1) is 11.3 Å². The van der Waals surface area contributed by atoms with Gasteiger partial charge in [0.15, 0.2) is 5.82 Å². The molecule has 0 aliphatic heterocycles. The van der Waals surface area contributed by atoms with Gasteiger partial charge in [0, 0.05) is 10.4 Å². The number of thiazole rings is 1. The Morgan fingerprint density at radius 3 is 2.88 bits per heavy atom. The Balaban J connectivity index is 2.23. The maximum atomic E-state index is 5.94. The SMILES string of the molecule is Cc1nc(-c2nc3c(N)cc(Cl)cc3[nH]2)cs1. The molecule has 0 aliphatic rings. The van der Waals surface area contributed by atoms with Gasteiger partial charge >= 0.3 is 0 Å². The van der Waals surface area contributed by atoms with Crippen LogP contribution in [0.4, 0.5) is 5.69 Å². The average Bonchev–Trinajstić information content (AvgIpc) is 2.83. The molecule has 0 unspecified atom stereocenters. The summed E-state index contributed by atoms with van der Waals surface area (Å²) in [5.74, 6) is 0.721. The Morgan fingerprint density at radius 1 is 1.35 bits per heavy atom. The van der Waals surface area contributed by atoms with Crippen molar-refractivity contribution < 1.29 is 0 Å². The first-order valence-electron chi connectivity index (χ1n) is 5.01. The van der Waals surface area contributed by atoms with Gasteiger partial charge < -0.3 is 10.7 Å². The standard InChI is InChI=1S/C11H9ClN4S/c1-5-14-9(4-17-5)11-15-8-3-6(12)2-7(13)10(8)16-11/h2-4H,13H2,1H3,(H,15,16). The molecule has 6 heteroatoms. The molecule has 4 nitrogen and oxygen atoms in total. The highest BCUT2D eigenvalue weighted by atomic mass is 35.5. The first-order chi connectivity index (χ1) is 8.13. The number of imidazole rings is 1. The van der Waals surface area contributed by atoms with Crippen molar-refractivity contribution in [3.63, 3.8) is 0 Å². The lowest BCUT2D eigenvalue weighted by atomic mass is 10.3. The number of nitrogens with zero attached hydrogens (tertiary/aromatic N) is 2. The number of H-pyrrole nitrogens is 1. The summed E-state index contributed by atoms with van der Waals surface area (Å²) in [6, 6.07) is 3.50. The molecule has 0 amide bonds. The highest BCUT2D eigenvalue weighted by Gasteiger charge is 2.10. The van der Waals surface area contributed by atoms with E-state index in [1.807, 2.05) is 18.4 Å². The van der Waals surface area contributed by atoms with Crippen LogP contribution in [-0.4, -0.2) is 15.0 Å². The topological polar surface area (TPSA) is 67.6 Å². The second kappa shape index (κ2) is 3.72. The number of fused-ring (bicyclic) bond motifs is 1. The van der Waals surface area contributed by atoms with Crippen molar-refractivity contribution in [3.05, 3.63) is 27.5 Å². The lowest BCUT2D eigenvalue weighted by molar-refractivity contribution is 1.23. The van der Waals surface area contributed by atoms with Crippen LogP contribution in [0.1, 0.15) is 5.01 Å². The van der Waals surface area contributed by atoms with Gasteiger partial charge in [0.05, 0.1) is 16.2 Å². The molecular weight excluding hydrogens is 256 g/mol. The number of benzene rings is 1. The molecule has 0 atom stereocenters. The zero-order valence-electron chi connectivity index (χ0n) is 8.99. The summed E-state index contributed by atoms with van der Waals surface area (Å²) in [7, 11) is 0. The fourth-order valence-corrected chi connectivity index (χ4v) is 2.53. The van der Waals surface area contributed by atoms with Crippen molar-refractivity contribution in [2.24, 2.45) is 0 Å². The Labute approximate surface area is 106 Å². The maximum absolute atomic E-state index is 5.94. The molecule has 0 spiro atoms. The molecule has 0 aliphatic carbocycles. The largest absolute Gasteiger partial charge is 0.397 e. The number of aryl methyl sites for hydroxylation is 1. The summed E-state index contributed by atoms with van der Waals surface area (Å²) < 4.78 is 0. The Morgan fingerprint density at radius 2 is 2.18 bits per heavy atom. The first kappa shape index (κ1) is 10.6. The van der Waals surface area contributed by atoms with E-state index in [1.165, 1.54) is 0 Å². The third-order valence-electron chi connectivity index (χ3n) is 2.44. The van der Waals surface area contributed by atoms with Gasteiger partial charge in [0.25, 0.3) is 0 Å². The molecule has 2 heterocycles. The van der Waals surface area contributed by atoms with Gasteiger partial charge in [0.2, 0.25) is 0 Å². The Hall–Kier alpha value is -1.59. The third-order valence-corrected chi connectivity index (χ3v) is 3.43. The van der Waals surface area contributed by atoms with E-state index in [4.69, 9.17) is 17.3 Å². The average molecular weight is 265 g/mol. The molecule has 1 aromatic carbocycles. The van der Waals surface area contributed by atoms with Crippen molar-refractivity contribution in [2.75, 3.05) is 5.73 Å². The van der Waals surface area contributed by atoms with Crippen molar-refractivity contribution in [2.45, 2.75) is 6.92 Å². The van der Waals surface area contributed by atoms with Crippen LogP contribution < -0.4 is 5.73 Å². The molecule has 86 valence electrons. The Kier molecular flexibility index (Phi) is 2.31. The second-order valence-corrected chi connectivity index (χ2v) is 5.23. The van der Waals surface area contributed by atoms with Crippen LogP contribution in [0.15, 0.2) is 17.5 Å². The van der Waals surface area contributed by atoms with Gasteiger partial charge in [0.1, 0.15) is 11.2 Å². The predicted octanol–water partition coefficient (Wildman–Crippen LogP) is 3.23. The van der Waals surface area contributed by atoms with Crippen LogP contribution in [0, 0.1) is 6.92 Å². The van der Waals surface area contributed by atoms with E-state index in [2.05, 4.69) is 15.0 Å². The summed E-state index contributed by atoms with van der Waals surface area (Å²) in [5, 5.41) is 3.57. The molecule has 0 fully saturated rings. The third kappa shape index (κ3) is 1.77. The number of rotatable bonds is 1. The zero-order chi connectivity index (χ0) is 12.0. The van der Waals surface area contributed by atoms with Gasteiger partial charge in [-0.3, -0.25) is 0 Å². The van der Waals surface area contributed by atoms with Gasteiger partial charge in [-0.25, -0.2) is 9.97 Å². The van der Waals surface area contributed by atoms with Crippen LogP contribution in [0.3, 0.4) is 0 Å². The van der Waals surface area contributed by atoms with Crippen LogP contribution in [-0.2, 0) is 0 Å². The monoisotopic (exact) mass is 264 g/mol. The summed E-state index contributed by atoms with van der Waals surface area (Å²) in [6.07, 6.45) is 0. The first-order valence-corrected chi connectivity index (χ1v) is 6.26. The minimum atomic E-state index is 0.571. The van der Waals surface area contributed by atoms with Crippen LogP contribution in [0.2, 0.25) is 5.02 Å². The van der Waals surface area contributed by atoms with E-state index in [1.54, 1.807) is 17.4 Å². The van der Waals surface area contributed by atoms with Crippen LogP contribution in [0.5, 0.6) is 0 Å². The highest BCUT2D eigenvalue weighted by Crippen LogP contribution is 2.27. The molecule has 3 aromatic rings. The number of aromatic nitrogens is 3. The molecular formula is C11H9ClN4S. The van der Waals surface area contributed by atoms with Gasteiger partial charge in [-0.05, 0) is 19.1 Å². The van der Waals surface area contributed by atoms with E-state index in [9.17, 15) is 0 Å². The van der Waals surface area contributed by atoms with E-state index in [0.717, 1.165) is 27.6 Å². The fraction of sp³-hybridized carbons (Fsp3) is 0.0909. The molecule has 0 bridgehead atoms. The maximum Gasteiger partial charge on any atom is 0.158 e. The molecule has 0 radical (unpaired) electrons. The van der Waals surface area contributed by atoms with Crippen molar-refractivity contribution in [3.8, 4) is 11.5 Å². The second-order valence-electron chi connectivity index (χ2n) is 3.73. The molecule has 0 saturated carbocycles. The van der Waals surface area contributed by atoms with E-state index >= 15 is 0 Å². The molecule has 2 aromatic heterocycles. The number of hydrogen-bond acceptors (Lipinski definition) is 4. The van der Waals surface area contributed by atoms with E-state index < -0.39 is 0 Å². The number of hydrogen-bond donors (Lipinski definition) is 2. The van der Waals surface area contributed by atoms with Crippen molar-refractivity contribution in [1.29, 1.82) is 0 Å². The number of nitrogens with two attached hydrogens (primary N) is 1. The fourth-order valence-electron chi connectivity index (χ4n) is 1.70. The number of aromatic amines is 1. The molecule has 3 rings (SSSR count). The van der Waals surface area contributed by atoms with Crippen LogP contribution >= 0.6 is 22.9 Å². The van der Waals surface area contributed by atoms with E-state index in [0.29, 0.717) is 10.7 Å². The number of halogens is 1. The molecule has 17 heavy (non-hydrogen) atoms. The molecule has 3 N–H and O–H groups in total. The molecule has 0 saturated heterocycles. The zero-order valence-corrected chi connectivity index (χ0v) is 10.6. The number of nitrogens with one attached hydrogen (secondary N) is 1. The number of nitrogen functional groups attached to an aromatic ring is 1. The summed E-state index contributed by atoms with van der Waals surface area (Å²) >= 11 is 7.53. The lowest BCUT2D eigenvalue weighted by Gasteiger charge is -1.94. The van der Waals surface area contributed by atoms with Crippen molar-refractivity contribution in [1.82, 2.24) is 15.0 Å². The van der Waals surface area contributed by atoms with E-state index in [-0.39, 0.29) is 0 Å². The summed E-state index contributed by atoms with van der Waals surface area (Å²) in [4.78, 5) is 12.0. The van der Waals surface area contributed by atoms with Gasteiger partial charge in [-0.2, -0.15) is 0 Å². The number of anilines is 1. The summed E-state index contributed by atoms with van der Waals surface area (Å²) in [5.41, 5.74) is 8.83. The minimum Gasteiger partial charge on any atom is -0.397 e. The lowest BCUT2D eigenvalue weighted by Crippen LogP contribution is -1.86. The van der Waals surface area contributed by atoms with Gasteiger partial charge in [-0.1, -0.05) is 11.6 Å². The normalized spacial score (nSPS) is 11.2. The smallest absolute Gasteiger partial charge is 0.158 e. The Bertz CT molecular complexity index is 701. The van der Waals surface area contributed by atoms with Crippen molar-refractivity contribution >= 4 is 39.7 Å².